The maximum atomic E-state index is 10.5. The van der Waals surface area contributed by atoms with Crippen LogP contribution in [0.3, 0.4) is 0 Å². The van der Waals surface area contributed by atoms with Gasteiger partial charge in [-0.3, -0.25) is 4.79 Å². The smallest absolute Gasteiger partial charge is 0.243 e. The van der Waals surface area contributed by atoms with Crippen molar-refractivity contribution in [2.24, 2.45) is 5.73 Å². The quantitative estimate of drug-likeness (QED) is 0.650. The van der Waals surface area contributed by atoms with Crippen molar-refractivity contribution in [3.63, 3.8) is 0 Å². The molecule has 0 spiro atoms. The maximum absolute atomic E-state index is 10.5. The van der Waals surface area contributed by atoms with Crippen LogP contribution in [0.15, 0.2) is 18.2 Å². The molecule has 1 aromatic heterocycles. The summed E-state index contributed by atoms with van der Waals surface area (Å²) in [6.07, 6.45) is 0. The molecule has 0 bridgehead atoms. The van der Waals surface area contributed by atoms with E-state index in [1.54, 1.807) is 6.07 Å². The first-order valence-electron chi connectivity index (χ1n) is 5.32. The number of hydrogen-bond donors (Lipinski definition) is 2. The van der Waals surface area contributed by atoms with Gasteiger partial charge in [0.2, 0.25) is 5.91 Å². The van der Waals surface area contributed by atoms with Crippen LogP contribution in [0.2, 0.25) is 5.02 Å². The molecule has 2 rings (SSSR count). The lowest BCUT2D eigenvalue weighted by Crippen LogP contribution is -2.19. The Labute approximate surface area is 113 Å². The fourth-order valence-electron chi connectivity index (χ4n) is 1.68. The fraction of sp³-hybridized carbons (Fsp3) is 0.273. The largest absolute Gasteiger partial charge is 0.370 e. The summed E-state index contributed by atoms with van der Waals surface area (Å²) in [4.78, 5) is 13.6. The van der Waals surface area contributed by atoms with Crippen molar-refractivity contribution in [2.45, 2.75) is 6.54 Å². The minimum atomic E-state index is -0.486. The van der Waals surface area contributed by atoms with E-state index in [9.17, 15) is 4.79 Å². The molecule has 18 heavy (non-hydrogen) atoms. The molecule has 5 nitrogen and oxygen atoms in total. The minimum absolute atomic E-state index is 0.0869. The molecule has 1 aromatic carbocycles. The van der Waals surface area contributed by atoms with E-state index in [2.05, 4.69) is 4.98 Å². The van der Waals surface area contributed by atoms with Crippen LogP contribution in [0.25, 0.3) is 11.0 Å². The Morgan fingerprint density at radius 3 is 3.06 bits per heavy atom. The molecular weight excluding hydrogens is 274 g/mol. The van der Waals surface area contributed by atoms with Crippen molar-refractivity contribution >= 4 is 40.8 Å². The van der Waals surface area contributed by atoms with Crippen molar-refractivity contribution in [1.29, 1.82) is 0 Å². The van der Waals surface area contributed by atoms with E-state index in [1.165, 1.54) is 0 Å². The summed E-state index contributed by atoms with van der Waals surface area (Å²) in [5.41, 5.74) is 6.81. The van der Waals surface area contributed by atoms with Crippen LogP contribution in [0, 0.1) is 4.77 Å². The molecule has 0 saturated heterocycles. The molecule has 0 fully saturated rings. The number of aromatic nitrogens is 2. The number of aromatic amines is 1. The molecule has 0 atom stereocenters. The van der Waals surface area contributed by atoms with Gasteiger partial charge in [0, 0.05) is 11.6 Å². The number of carbonyl (C=O) groups excluding carboxylic acids is 1. The van der Waals surface area contributed by atoms with Crippen LogP contribution < -0.4 is 5.73 Å². The van der Waals surface area contributed by atoms with E-state index < -0.39 is 5.91 Å². The third kappa shape index (κ3) is 2.90. The van der Waals surface area contributed by atoms with Gasteiger partial charge in [-0.25, -0.2) is 0 Å². The number of halogens is 1. The van der Waals surface area contributed by atoms with E-state index in [4.69, 9.17) is 34.3 Å². The predicted octanol–water partition coefficient (Wildman–Crippen LogP) is 1.85. The third-order valence-electron chi connectivity index (χ3n) is 2.44. The number of carbonyl (C=O) groups is 1. The summed E-state index contributed by atoms with van der Waals surface area (Å²) in [6, 6.07) is 5.49. The minimum Gasteiger partial charge on any atom is -0.370 e. The van der Waals surface area contributed by atoms with Crippen molar-refractivity contribution in [3.8, 4) is 0 Å². The Bertz CT molecular complexity index is 635. The van der Waals surface area contributed by atoms with Crippen molar-refractivity contribution < 1.29 is 9.53 Å². The number of ether oxygens (including phenoxy) is 1. The van der Waals surface area contributed by atoms with Crippen LogP contribution in [-0.4, -0.2) is 28.7 Å². The number of H-pyrrole nitrogens is 1. The number of nitrogens with two attached hydrogens (primary N) is 1. The Morgan fingerprint density at radius 1 is 1.56 bits per heavy atom. The maximum Gasteiger partial charge on any atom is 0.243 e. The number of benzene rings is 1. The van der Waals surface area contributed by atoms with Crippen molar-refractivity contribution in [1.82, 2.24) is 9.55 Å². The van der Waals surface area contributed by atoms with E-state index in [1.807, 2.05) is 16.7 Å². The molecule has 1 amide bonds. The molecule has 2 aromatic rings. The molecular formula is C11H12ClN3O2S. The normalized spacial score (nSPS) is 10.9. The summed E-state index contributed by atoms with van der Waals surface area (Å²) in [5.74, 6) is -0.486. The van der Waals surface area contributed by atoms with Gasteiger partial charge in [0.1, 0.15) is 6.61 Å². The molecule has 96 valence electrons. The second-order valence-corrected chi connectivity index (χ2v) is 4.59. The second kappa shape index (κ2) is 5.51. The first kappa shape index (κ1) is 13.1. The number of hydrogen-bond acceptors (Lipinski definition) is 3. The number of nitrogens with zero attached hydrogens (tertiary/aromatic N) is 1. The van der Waals surface area contributed by atoms with Gasteiger partial charge < -0.3 is 20.0 Å². The topological polar surface area (TPSA) is 73.0 Å². The average molecular weight is 286 g/mol. The van der Waals surface area contributed by atoms with E-state index in [0.717, 1.165) is 11.0 Å². The highest BCUT2D eigenvalue weighted by molar-refractivity contribution is 7.71. The molecule has 0 aliphatic carbocycles. The highest BCUT2D eigenvalue weighted by atomic mass is 35.5. The van der Waals surface area contributed by atoms with Crippen LogP contribution in [0.1, 0.15) is 0 Å². The van der Waals surface area contributed by atoms with Gasteiger partial charge >= 0.3 is 0 Å². The number of primary amides is 1. The highest BCUT2D eigenvalue weighted by Gasteiger charge is 2.05. The lowest BCUT2D eigenvalue weighted by atomic mass is 10.3. The van der Waals surface area contributed by atoms with Gasteiger partial charge in [-0.05, 0) is 30.4 Å². The third-order valence-corrected chi connectivity index (χ3v) is 3.00. The number of imidazole rings is 1. The number of amides is 1. The summed E-state index contributed by atoms with van der Waals surface area (Å²) in [5, 5.41) is 0.642. The van der Waals surface area contributed by atoms with Gasteiger partial charge in [0.05, 0.1) is 17.6 Å². The van der Waals surface area contributed by atoms with Gasteiger partial charge in [-0.15, -0.1) is 0 Å². The molecule has 7 heteroatoms. The fourth-order valence-corrected chi connectivity index (χ4v) is 2.14. The van der Waals surface area contributed by atoms with Crippen LogP contribution in [-0.2, 0) is 16.1 Å². The first-order chi connectivity index (χ1) is 8.58. The van der Waals surface area contributed by atoms with Gasteiger partial charge in [0.15, 0.2) is 4.77 Å². The predicted molar refractivity (Wildman–Crippen MR) is 72.1 cm³/mol. The zero-order valence-corrected chi connectivity index (χ0v) is 11.1. The number of rotatable bonds is 5. The van der Waals surface area contributed by atoms with Gasteiger partial charge in [-0.1, -0.05) is 11.6 Å². The molecule has 1 heterocycles. The molecule has 0 saturated carbocycles. The Kier molecular flexibility index (Phi) is 4.00. The Morgan fingerprint density at radius 2 is 2.33 bits per heavy atom. The standard InChI is InChI=1S/C11H12ClN3O2S/c12-7-1-2-8-9(5-7)15(11(18)14-8)3-4-17-6-10(13)16/h1-2,5H,3-4,6H2,(H2,13,16)(H,14,18). The molecule has 0 aliphatic heterocycles. The summed E-state index contributed by atoms with van der Waals surface area (Å²) in [7, 11) is 0. The van der Waals surface area contributed by atoms with Crippen LogP contribution >= 0.6 is 23.8 Å². The molecule has 0 aliphatic rings. The van der Waals surface area contributed by atoms with Gasteiger partial charge in [-0.2, -0.15) is 0 Å². The zero-order chi connectivity index (χ0) is 13.1. The zero-order valence-electron chi connectivity index (χ0n) is 9.48. The highest BCUT2D eigenvalue weighted by Crippen LogP contribution is 2.19. The van der Waals surface area contributed by atoms with Crippen LogP contribution in [0.5, 0.6) is 0 Å². The average Bonchev–Trinajstić information content (AvgIpc) is 2.60. The molecule has 3 N–H and O–H groups in total. The molecule has 0 radical (unpaired) electrons. The van der Waals surface area contributed by atoms with Crippen molar-refractivity contribution in [2.75, 3.05) is 13.2 Å². The lowest BCUT2D eigenvalue weighted by molar-refractivity contribution is -0.122. The van der Waals surface area contributed by atoms with E-state index in [-0.39, 0.29) is 6.61 Å². The first-order valence-corrected chi connectivity index (χ1v) is 6.10. The van der Waals surface area contributed by atoms with Crippen molar-refractivity contribution in [3.05, 3.63) is 28.0 Å². The van der Waals surface area contributed by atoms with Crippen LogP contribution in [0.4, 0.5) is 0 Å². The monoisotopic (exact) mass is 285 g/mol. The summed E-state index contributed by atoms with van der Waals surface area (Å²) in [6.45, 7) is 0.805. The summed E-state index contributed by atoms with van der Waals surface area (Å²) >= 11 is 11.2. The SMILES string of the molecule is NC(=O)COCCn1c(=S)[nH]c2ccc(Cl)cc21. The Balaban J connectivity index is 2.17. The number of nitrogens with one attached hydrogen (secondary N) is 1. The lowest BCUT2D eigenvalue weighted by Gasteiger charge is -2.05. The van der Waals surface area contributed by atoms with E-state index in [0.29, 0.717) is 22.9 Å². The summed E-state index contributed by atoms with van der Waals surface area (Å²) < 4.78 is 7.58. The molecule has 0 unspecified atom stereocenters. The van der Waals surface area contributed by atoms with Gasteiger partial charge in [0.25, 0.3) is 0 Å². The second-order valence-electron chi connectivity index (χ2n) is 3.76. The van der Waals surface area contributed by atoms with E-state index >= 15 is 0 Å². The number of fused-ring (bicyclic) bond motifs is 1. The Hall–Kier alpha value is -1.37.